The highest BCUT2D eigenvalue weighted by molar-refractivity contribution is 6.01. The fourth-order valence-corrected chi connectivity index (χ4v) is 4.24. The number of amides is 2. The molecule has 0 N–H and O–H groups in total. The number of pyridine rings is 1. The molecule has 2 amide bonds. The summed E-state index contributed by atoms with van der Waals surface area (Å²) in [4.78, 5) is 34.5. The average molecular weight is 328 g/mol. The van der Waals surface area contributed by atoms with Crippen molar-refractivity contribution in [3.8, 4) is 0 Å². The molecule has 1 aromatic heterocycles. The molecular formula is C18H24N4O2. The fourth-order valence-electron chi connectivity index (χ4n) is 4.24. The minimum absolute atomic E-state index is 0.0158. The Morgan fingerprint density at radius 3 is 2.62 bits per heavy atom. The molecule has 4 rings (SSSR count). The summed E-state index contributed by atoms with van der Waals surface area (Å²) >= 11 is 0. The first-order valence-electron chi connectivity index (χ1n) is 8.94. The minimum atomic E-state index is 0.0158. The number of piperazine rings is 1. The normalized spacial score (nSPS) is 28.3. The van der Waals surface area contributed by atoms with Crippen LogP contribution in [0.5, 0.6) is 0 Å². The van der Waals surface area contributed by atoms with Crippen LogP contribution in [-0.4, -0.2) is 65.4 Å². The summed E-state index contributed by atoms with van der Waals surface area (Å²) in [5, 5.41) is 0. The van der Waals surface area contributed by atoms with Crippen LogP contribution in [0.3, 0.4) is 0 Å². The molecule has 4 heterocycles. The number of nitrogens with zero attached hydrogens (tertiary/aromatic N) is 4. The van der Waals surface area contributed by atoms with Gasteiger partial charge in [0.05, 0.1) is 0 Å². The number of carbonyl (C=O) groups excluding carboxylic acids is 2. The molecule has 0 bridgehead atoms. The van der Waals surface area contributed by atoms with Crippen molar-refractivity contribution in [2.75, 3.05) is 37.6 Å². The van der Waals surface area contributed by atoms with Gasteiger partial charge in [0.25, 0.3) is 0 Å². The number of hydrogen-bond acceptors (Lipinski definition) is 5. The minimum Gasteiger partial charge on any atom is -0.354 e. The number of aromatic nitrogens is 1. The van der Waals surface area contributed by atoms with Crippen molar-refractivity contribution in [3.05, 3.63) is 24.4 Å². The molecule has 3 fully saturated rings. The van der Waals surface area contributed by atoms with E-state index in [9.17, 15) is 9.59 Å². The maximum atomic E-state index is 11.8. The van der Waals surface area contributed by atoms with Gasteiger partial charge in [-0.05, 0) is 30.9 Å². The van der Waals surface area contributed by atoms with Gasteiger partial charge in [-0.2, -0.15) is 0 Å². The van der Waals surface area contributed by atoms with Crippen molar-refractivity contribution < 1.29 is 9.59 Å². The van der Waals surface area contributed by atoms with Gasteiger partial charge in [-0.3, -0.25) is 19.4 Å². The molecule has 24 heavy (non-hydrogen) atoms. The Kier molecular flexibility index (Phi) is 4.22. The van der Waals surface area contributed by atoms with E-state index in [0.717, 1.165) is 44.8 Å². The standard InChI is InChI=1S/C18H24N4O2/c23-17-6-7-18(24)22(17)12-14-4-5-15-13-21(10-9-20(15)11-14)16-3-1-2-8-19-16/h1-3,8,14-15H,4-7,9-13H2/t14-,15-/m0/s1. The highest BCUT2D eigenvalue weighted by Crippen LogP contribution is 2.28. The van der Waals surface area contributed by atoms with Gasteiger partial charge in [-0.1, -0.05) is 6.07 Å². The first-order chi connectivity index (χ1) is 11.7. The third-order valence-corrected chi connectivity index (χ3v) is 5.57. The number of anilines is 1. The lowest BCUT2D eigenvalue weighted by Gasteiger charge is -2.47. The molecule has 6 heteroatoms. The van der Waals surface area contributed by atoms with Gasteiger partial charge in [0, 0.05) is 57.8 Å². The number of imide groups is 1. The van der Waals surface area contributed by atoms with E-state index in [4.69, 9.17) is 0 Å². The third kappa shape index (κ3) is 3.02. The maximum Gasteiger partial charge on any atom is 0.229 e. The highest BCUT2D eigenvalue weighted by atomic mass is 16.2. The molecule has 0 radical (unpaired) electrons. The van der Waals surface area contributed by atoms with Crippen molar-refractivity contribution in [1.82, 2.24) is 14.8 Å². The summed E-state index contributed by atoms with van der Waals surface area (Å²) in [6.07, 6.45) is 4.87. The smallest absolute Gasteiger partial charge is 0.229 e. The molecule has 1 aromatic rings. The second kappa shape index (κ2) is 6.51. The topological polar surface area (TPSA) is 56.8 Å². The van der Waals surface area contributed by atoms with Crippen molar-refractivity contribution >= 4 is 17.6 Å². The van der Waals surface area contributed by atoms with Crippen LogP contribution in [0.2, 0.25) is 0 Å². The molecule has 0 aliphatic carbocycles. The molecular weight excluding hydrogens is 304 g/mol. The Balaban J connectivity index is 1.34. The number of carbonyl (C=O) groups is 2. The second-order valence-corrected chi connectivity index (χ2v) is 7.12. The van der Waals surface area contributed by atoms with E-state index < -0.39 is 0 Å². The van der Waals surface area contributed by atoms with Gasteiger partial charge in [0.1, 0.15) is 5.82 Å². The zero-order chi connectivity index (χ0) is 16.5. The van der Waals surface area contributed by atoms with E-state index in [-0.39, 0.29) is 11.8 Å². The quantitative estimate of drug-likeness (QED) is 0.779. The lowest BCUT2D eigenvalue weighted by Crippen LogP contribution is -2.57. The van der Waals surface area contributed by atoms with Gasteiger partial charge >= 0.3 is 0 Å². The average Bonchev–Trinajstić information content (AvgIpc) is 2.94. The van der Waals surface area contributed by atoms with Crippen LogP contribution in [0.4, 0.5) is 5.82 Å². The molecule has 0 aromatic carbocycles. The monoisotopic (exact) mass is 328 g/mol. The molecule has 3 aliphatic heterocycles. The zero-order valence-electron chi connectivity index (χ0n) is 13.9. The molecule has 6 nitrogen and oxygen atoms in total. The van der Waals surface area contributed by atoms with Crippen molar-refractivity contribution in [2.24, 2.45) is 5.92 Å². The molecule has 0 unspecified atom stereocenters. The maximum absolute atomic E-state index is 11.8. The summed E-state index contributed by atoms with van der Waals surface area (Å²) < 4.78 is 0. The predicted octanol–water partition coefficient (Wildman–Crippen LogP) is 1.13. The van der Waals surface area contributed by atoms with Crippen molar-refractivity contribution in [1.29, 1.82) is 0 Å². The number of piperidine rings is 1. The SMILES string of the molecule is O=C1CCC(=O)N1C[C@H]1CC[C@H]2CN(c3ccccn3)CCN2C1. The van der Waals surface area contributed by atoms with E-state index >= 15 is 0 Å². The summed E-state index contributed by atoms with van der Waals surface area (Å²) in [5.74, 6) is 1.52. The molecule has 2 atom stereocenters. The molecule has 0 spiro atoms. The Hall–Kier alpha value is -1.95. The summed E-state index contributed by atoms with van der Waals surface area (Å²) in [5.41, 5.74) is 0. The summed E-state index contributed by atoms with van der Waals surface area (Å²) in [6, 6.07) is 6.62. The van der Waals surface area contributed by atoms with Crippen LogP contribution in [0, 0.1) is 5.92 Å². The molecule has 128 valence electrons. The van der Waals surface area contributed by atoms with Crippen LogP contribution >= 0.6 is 0 Å². The lowest BCUT2D eigenvalue weighted by atomic mass is 9.90. The summed E-state index contributed by atoms with van der Waals surface area (Å²) in [6.45, 7) is 4.65. The van der Waals surface area contributed by atoms with E-state index in [0.29, 0.717) is 31.3 Å². The third-order valence-electron chi connectivity index (χ3n) is 5.57. The van der Waals surface area contributed by atoms with E-state index in [1.54, 1.807) is 0 Å². The van der Waals surface area contributed by atoms with Gasteiger partial charge in [-0.15, -0.1) is 0 Å². The predicted molar refractivity (Wildman–Crippen MR) is 90.5 cm³/mol. The fraction of sp³-hybridized carbons (Fsp3) is 0.611. The Labute approximate surface area is 142 Å². The number of likely N-dealkylation sites (tertiary alicyclic amines) is 1. The van der Waals surface area contributed by atoms with Crippen molar-refractivity contribution in [2.45, 2.75) is 31.7 Å². The molecule has 3 saturated heterocycles. The van der Waals surface area contributed by atoms with Gasteiger partial charge in [0.2, 0.25) is 11.8 Å². The van der Waals surface area contributed by atoms with E-state index in [1.165, 1.54) is 4.90 Å². The van der Waals surface area contributed by atoms with Gasteiger partial charge < -0.3 is 4.90 Å². The second-order valence-electron chi connectivity index (χ2n) is 7.12. The van der Waals surface area contributed by atoms with Crippen LogP contribution in [-0.2, 0) is 9.59 Å². The largest absolute Gasteiger partial charge is 0.354 e. The van der Waals surface area contributed by atoms with Crippen molar-refractivity contribution in [3.63, 3.8) is 0 Å². The van der Waals surface area contributed by atoms with Crippen LogP contribution in [0.15, 0.2) is 24.4 Å². The van der Waals surface area contributed by atoms with Gasteiger partial charge in [0.15, 0.2) is 0 Å². The van der Waals surface area contributed by atoms with E-state index in [1.807, 2.05) is 18.3 Å². The first kappa shape index (κ1) is 15.6. The Morgan fingerprint density at radius 2 is 1.88 bits per heavy atom. The van der Waals surface area contributed by atoms with Gasteiger partial charge in [-0.25, -0.2) is 4.98 Å². The van der Waals surface area contributed by atoms with E-state index in [2.05, 4.69) is 20.9 Å². The highest BCUT2D eigenvalue weighted by Gasteiger charge is 2.36. The number of hydrogen-bond donors (Lipinski definition) is 0. The lowest BCUT2D eigenvalue weighted by molar-refractivity contribution is -0.139. The number of fused-ring (bicyclic) bond motifs is 1. The Bertz CT molecular complexity index is 605. The van der Waals surface area contributed by atoms with Crippen LogP contribution in [0.25, 0.3) is 0 Å². The molecule has 3 aliphatic rings. The number of rotatable bonds is 3. The van der Waals surface area contributed by atoms with Crippen LogP contribution < -0.4 is 4.90 Å². The molecule has 0 saturated carbocycles. The van der Waals surface area contributed by atoms with Crippen LogP contribution in [0.1, 0.15) is 25.7 Å². The summed E-state index contributed by atoms with van der Waals surface area (Å²) in [7, 11) is 0. The first-order valence-corrected chi connectivity index (χ1v) is 8.94. The zero-order valence-corrected chi connectivity index (χ0v) is 13.9. The Morgan fingerprint density at radius 1 is 1.04 bits per heavy atom.